The van der Waals surface area contributed by atoms with E-state index in [1.165, 1.54) is 5.56 Å². The maximum absolute atomic E-state index is 9.07. The van der Waals surface area contributed by atoms with E-state index in [2.05, 4.69) is 12.1 Å². The van der Waals surface area contributed by atoms with Gasteiger partial charge in [-0.05, 0) is 19.1 Å². The SMILES string of the molecule is Cc1ccc2c(c1)c(CN)c(C#N)n2C. The number of hydrogen-bond donors (Lipinski definition) is 1. The van der Waals surface area contributed by atoms with Crippen LogP contribution >= 0.6 is 0 Å². The molecule has 0 saturated heterocycles. The van der Waals surface area contributed by atoms with Crippen LogP contribution in [0.15, 0.2) is 18.2 Å². The summed E-state index contributed by atoms with van der Waals surface area (Å²) in [6.07, 6.45) is 0. The van der Waals surface area contributed by atoms with Crippen molar-refractivity contribution < 1.29 is 0 Å². The van der Waals surface area contributed by atoms with Gasteiger partial charge >= 0.3 is 0 Å². The lowest BCUT2D eigenvalue weighted by Gasteiger charge is -1.97. The summed E-state index contributed by atoms with van der Waals surface area (Å²) in [6.45, 7) is 2.45. The lowest BCUT2D eigenvalue weighted by Crippen LogP contribution is -1.99. The van der Waals surface area contributed by atoms with E-state index in [1.807, 2.05) is 30.7 Å². The van der Waals surface area contributed by atoms with Crippen LogP contribution in [0.4, 0.5) is 0 Å². The van der Waals surface area contributed by atoms with E-state index < -0.39 is 0 Å². The van der Waals surface area contributed by atoms with E-state index in [0.717, 1.165) is 16.5 Å². The highest BCUT2D eigenvalue weighted by Crippen LogP contribution is 2.25. The van der Waals surface area contributed by atoms with E-state index in [-0.39, 0.29) is 0 Å². The zero-order valence-electron chi connectivity index (χ0n) is 8.91. The Bertz CT molecular complexity index is 558. The molecule has 0 saturated carbocycles. The van der Waals surface area contributed by atoms with Gasteiger partial charge < -0.3 is 10.3 Å². The third-order valence-corrected chi connectivity index (χ3v) is 2.77. The molecule has 0 aliphatic rings. The van der Waals surface area contributed by atoms with Gasteiger partial charge in [0, 0.05) is 30.1 Å². The molecule has 3 nitrogen and oxygen atoms in total. The Kier molecular flexibility index (Phi) is 2.22. The van der Waals surface area contributed by atoms with Crippen molar-refractivity contribution in [3.8, 4) is 6.07 Å². The van der Waals surface area contributed by atoms with Crippen LogP contribution in [-0.4, -0.2) is 4.57 Å². The Morgan fingerprint density at radius 3 is 2.80 bits per heavy atom. The third kappa shape index (κ3) is 1.31. The zero-order valence-corrected chi connectivity index (χ0v) is 8.91. The standard InChI is InChI=1S/C12H13N3/c1-8-3-4-11-9(5-8)10(6-13)12(7-14)15(11)2/h3-5H,6,13H2,1-2H3. The Hall–Kier alpha value is -1.79. The van der Waals surface area contributed by atoms with Crippen molar-refractivity contribution in [3.63, 3.8) is 0 Å². The second kappa shape index (κ2) is 3.41. The van der Waals surface area contributed by atoms with Gasteiger partial charge in [-0.2, -0.15) is 5.26 Å². The Morgan fingerprint density at radius 1 is 1.47 bits per heavy atom. The molecule has 0 radical (unpaired) electrons. The number of rotatable bonds is 1. The predicted octanol–water partition coefficient (Wildman–Crippen LogP) is 1.82. The molecule has 0 atom stereocenters. The van der Waals surface area contributed by atoms with Gasteiger partial charge in [-0.3, -0.25) is 0 Å². The molecule has 2 rings (SSSR count). The summed E-state index contributed by atoms with van der Waals surface area (Å²) in [6, 6.07) is 8.37. The molecule has 0 amide bonds. The summed E-state index contributed by atoms with van der Waals surface area (Å²) in [5, 5.41) is 10.2. The number of fused-ring (bicyclic) bond motifs is 1. The molecule has 2 N–H and O–H groups in total. The largest absolute Gasteiger partial charge is 0.335 e. The molecule has 0 spiro atoms. The fraction of sp³-hybridized carbons (Fsp3) is 0.250. The van der Waals surface area contributed by atoms with Crippen molar-refractivity contribution in [1.29, 1.82) is 5.26 Å². The van der Waals surface area contributed by atoms with Crippen molar-refractivity contribution in [3.05, 3.63) is 35.0 Å². The van der Waals surface area contributed by atoms with Crippen molar-refractivity contribution >= 4 is 10.9 Å². The topological polar surface area (TPSA) is 54.7 Å². The fourth-order valence-electron chi connectivity index (χ4n) is 1.98. The average Bonchev–Trinajstić information content (AvgIpc) is 2.50. The van der Waals surface area contributed by atoms with Gasteiger partial charge in [0.05, 0.1) is 0 Å². The van der Waals surface area contributed by atoms with Crippen LogP contribution in [0.2, 0.25) is 0 Å². The maximum atomic E-state index is 9.07. The van der Waals surface area contributed by atoms with Crippen LogP contribution in [0.1, 0.15) is 16.8 Å². The molecular weight excluding hydrogens is 186 g/mol. The van der Waals surface area contributed by atoms with Crippen LogP contribution < -0.4 is 5.73 Å². The number of nitrogens with two attached hydrogens (primary N) is 1. The highest BCUT2D eigenvalue weighted by molar-refractivity contribution is 5.87. The number of nitriles is 1. The van der Waals surface area contributed by atoms with Crippen molar-refractivity contribution in [2.75, 3.05) is 0 Å². The second-order valence-corrected chi connectivity index (χ2v) is 3.72. The summed E-state index contributed by atoms with van der Waals surface area (Å²) in [7, 11) is 1.90. The normalized spacial score (nSPS) is 10.5. The minimum atomic E-state index is 0.406. The Morgan fingerprint density at radius 2 is 2.20 bits per heavy atom. The van der Waals surface area contributed by atoms with Gasteiger partial charge in [0.1, 0.15) is 11.8 Å². The lowest BCUT2D eigenvalue weighted by molar-refractivity contribution is 0.925. The number of benzene rings is 1. The molecule has 0 fully saturated rings. The van der Waals surface area contributed by atoms with Gasteiger partial charge in [-0.1, -0.05) is 11.6 Å². The number of nitrogens with zero attached hydrogens (tertiary/aromatic N) is 2. The summed E-state index contributed by atoms with van der Waals surface area (Å²) in [5.74, 6) is 0. The molecule has 76 valence electrons. The van der Waals surface area contributed by atoms with Crippen LogP contribution in [0.3, 0.4) is 0 Å². The van der Waals surface area contributed by atoms with E-state index in [1.54, 1.807) is 0 Å². The zero-order chi connectivity index (χ0) is 11.0. The number of aryl methyl sites for hydroxylation is 2. The molecule has 0 aliphatic carbocycles. The van der Waals surface area contributed by atoms with E-state index in [9.17, 15) is 0 Å². The molecule has 0 bridgehead atoms. The Balaban J connectivity index is 2.93. The highest BCUT2D eigenvalue weighted by atomic mass is 15.0. The van der Waals surface area contributed by atoms with Gasteiger partial charge in [0.2, 0.25) is 0 Å². The smallest absolute Gasteiger partial charge is 0.125 e. The van der Waals surface area contributed by atoms with Crippen LogP contribution in [0.5, 0.6) is 0 Å². The molecular formula is C12H13N3. The van der Waals surface area contributed by atoms with Crippen molar-refractivity contribution in [2.24, 2.45) is 12.8 Å². The summed E-state index contributed by atoms with van der Waals surface area (Å²) >= 11 is 0. The van der Waals surface area contributed by atoms with E-state index >= 15 is 0 Å². The highest BCUT2D eigenvalue weighted by Gasteiger charge is 2.12. The van der Waals surface area contributed by atoms with Gasteiger partial charge in [0.25, 0.3) is 0 Å². The third-order valence-electron chi connectivity index (χ3n) is 2.77. The van der Waals surface area contributed by atoms with Crippen LogP contribution in [0, 0.1) is 18.3 Å². The quantitative estimate of drug-likeness (QED) is 0.761. The second-order valence-electron chi connectivity index (χ2n) is 3.72. The summed E-state index contributed by atoms with van der Waals surface area (Å²) < 4.78 is 1.90. The first-order valence-electron chi connectivity index (χ1n) is 4.87. The minimum absolute atomic E-state index is 0.406. The molecule has 15 heavy (non-hydrogen) atoms. The summed E-state index contributed by atoms with van der Waals surface area (Å²) in [4.78, 5) is 0. The number of hydrogen-bond acceptors (Lipinski definition) is 2. The maximum Gasteiger partial charge on any atom is 0.125 e. The monoisotopic (exact) mass is 199 g/mol. The van der Waals surface area contributed by atoms with E-state index in [4.69, 9.17) is 11.0 Å². The first-order valence-corrected chi connectivity index (χ1v) is 4.87. The van der Waals surface area contributed by atoms with Crippen LogP contribution in [0.25, 0.3) is 10.9 Å². The molecule has 3 heteroatoms. The molecule has 1 aromatic carbocycles. The first-order chi connectivity index (χ1) is 7.19. The van der Waals surface area contributed by atoms with Crippen molar-refractivity contribution in [2.45, 2.75) is 13.5 Å². The number of aromatic nitrogens is 1. The molecule has 1 heterocycles. The molecule has 2 aromatic rings. The van der Waals surface area contributed by atoms with E-state index in [0.29, 0.717) is 12.2 Å². The van der Waals surface area contributed by atoms with Crippen LogP contribution in [-0.2, 0) is 13.6 Å². The van der Waals surface area contributed by atoms with Gasteiger partial charge in [-0.25, -0.2) is 0 Å². The van der Waals surface area contributed by atoms with Crippen molar-refractivity contribution in [1.82, 2.24) is 4.57 Å². The average molecular weight is 199 g/mol. The first kappa shape index (κ1) is 9.75. The molecule has 1 aromatic heterocycles. The fourth-order valence-corrected chi connectivity index (χ4v) is 1.98. The Labute approximate surface area is 88.7 Å². The molecule has 0 aliphatic heterocycles. The predicted molar refractivity (Wildman–Crippen MR) is 60.3 cm³/mol. The minimum Gasteiger partial charge on any atom is -0.335 e. The molecule has 0 unspecified atom stereocenters. The summed E-state index contributed by atoms with van der Waals surface area (Å²) in [5.41, 5.74) is 9.55. The van der Waals surface area contributed by atoms with Gasteiger partial charge in [0.15, 0.2) is 0 Å². The lowest BCUT2D eigenvalue weighted by atomic mass is 10.1. The van der Waals surface area contributed by atoms with Gasteiger partial charge in [-0.15, -0.1) is 0 Å².